The molecule has 0 unspecified atom stereocenters. The highest BCUT2D eigenvalue weighted by Gasteiger charge is 2.15. The van der Waals surface area contributed by atoms with E-state index in [0.29, 0.717) is 10.4 Å². The number of anilines is 1. The summed E-state index contributed by atoms with van der Waals surface area (Å²) in [6.45, 7) is -0.582. The number of hydrogen-bond donors (Lipinski definition) is 1. The maximum Gasteiger partial charge on any atom is 0.337 e. The number of esters is 3. The summed E-state index contributed by atoms with van der Waals surface area (Å²) in [7, 11) is 2.36. The van der Waals surface area contributed by atoms with Crippen LogP contribution in [0.15, 0.2) is 45.5 Å². The minimum Gasteiger partial charge on any atom is -0.465 e. The first-order valence-electron chi connectivity index (χ1n) is 8.04. The second kappa shape index (κ2) is 10.2. The fourth-order valence-corrected chi connectivity index (χ4v) is 2.44. The molecule has 0 aliphatic carbocycles. The number of furan rings is 1. The van der Waals surface area contributed by atoms with Crippen LogP contribution in [0.5, 0.6) is 0 Å². The summed E-state index contributed by atoms with van der Waals surface area (Å²) in [5, 5.41) is 2.43. The smallest absolute Gasteiger partial charge is 0.337 e. The molecule has 1 aromatic carbocycles. The summed E-state index contributed by atoms with van der Waals surface area (Å²) >= 11 is 3.13. The fourth-order valence-electron chi connectivity index (χ4n) is 2.12. The Morgan fingerprint density at radius 1 is 1.03 bits per heavy atom. The number of hydrogen-bond acceptors (Lipinski definition) is 8. The van der Waals surface area contributed by atoms with Gasteiger partial charge in [0.1, 0.15) is 5.76 Å². The summed E-state index contributed by atoms with van der Waals surface area (Å²) in [4.78, 5) is 47.2. The lowest BCUT2D eigenvalue weighted by Crippen LogP contribution is -2.20. The standard InChI is InChI=1S/C19H16BrNO8/c1-26-18(24)11-7-12(19(25)27-2)9-13(8-11)21-16(22)10-28-17(23)6-4-14-3-5-15(20)29-14/h3-9H,10H2,1-2H3,(H,21,22). The molecule has 1 N–H and O–H groups in total. The van der Waals surface area contributed by atoms with Gasteiger partial charge in [-0.25, -0.2) is 14.4 Å². The van der Waals surface area contributed by atoms with Crippen LogP contribution < -0.4 is 5.32 Å². The molecule has 0 bridgehead atoms. The van der Waals surface area contributed by atoms with Gasteiger partial charge in [0, 0.05) is 11.8 Å². The second-order valence-corrected chi connectivity index (χ2v) is 6.19. The molecule has 2 aromatic rings. The molecule has 29 heavy (non-hydrogen) atoms. The van der Waals surface area contributed by atoms with Gasteiger partial charge in [0.15, 0.2) is 11.3 Å². The SMILES string of the molecule is COC(=O)c1cc(NC(=O)COC(=O)C=Cc2ccc(Br)o2)cc(C(=O)OC)c1. The summed E-state index contributed by atoms with van der Waals surface area (Å²) in [5.41, 5.74) is 0.204. The lowest BCUT2D eigenvalue weighted by molar-refractivity contribution is -0.142. The molecule has 0 radical (unpaired) electrons. The number of halogens is 1. The predicted octanol–water partition coefficient (Wildman–Crippen LogP) is 2.81. The summed E-state index contributed by atoms with van der Waals surface area (Å²) in [6, 6.07) is 7.18. The van der Waals surface area contributed by atoms with Gasteiger partial charge in [-0.2, -0.15) is 0 Å². The van der Waals surface area contributed by atoms with Crippen molar-refractivity contribution in [2.45, 2.75) is 0 Å². The van der Waals surface area contributed by atoms with E-state index >= 15 is 0 Å². The van der Waals surface area contributed by atoms with Crippen molar-refractivity contribution in [1.29, 1.82) is 0 Å². The van der Waals surface area contributed by atoms with Gasteiger partial charge in [-0.1, -0.05) is 0 Å². The quantitative estimate of drug-likeness (QED) is 0.376. The van der Waals surface area contributed by atoms with Crippen LogP contribution in [0.1, 0.15) is 26.5 Å². The number of methoxy groups -OCH3 is 2. The molecule has 10 heteroatoms. The highest BCUT2D eigenvalue weighted by atomic mass is 79.9. The zero-order chi connectivity index (χ0) is 21.4. The first kappa shape index (κ1) is 21.9. The Labute approximate surface area is 173 Å². The Morgan fingerprint density at radius 2 is 1.66 bits per heavy atom. The summed E-state index contributed by atoms with van der Waals surface area (Å²) in [5.74, 6) is -2.41. The lowest BCUT2D eigenvalue weighted by atomic mass is 10.1. The van der Waals surface area contributed by atoms with E-state index in [2.05, 4.69) is 30.7 Å². The number of amides is 1. The number of nitrogens with one attached hydrogen (secondary N) is 1. The minimum atomic E-state index is -0.758. The van der Waals surface area contributed by atoms with Crippen LogP contribution in [0, 0.1) is 0 Å². The third-order valence-corrected chi connectivity index (χ3v) is 3.81. The Balaban J connectivity index is 2.00. The molecule has 9 nitrogen and oxygen atoms in total. The van der Waals surface area contributed by atoms with E-state index in [0.717, 1.165) is 6.08 Å². The number of ether oxygens (including phenoxy) is 3. The van der Waals surface area contributed by atoms with Crippen LogP contribution in [-0.4, -0.2) is 44.6 Å². The third-order valence-electron chi connectivity index (χ3n) is 3.38. The number of rotatable bonds is 7. The zero-order valence-corrected chi connectivity index (χ0v) is 17.0. The zero-order valence-electron chi connectivity index (χ0n) is 15.4. The van der Waals surface area contributed by atoms with Gasteiger partial charge < -0.3 is 23.9 Å². The normalized spacial score (nSPS) is 10.4. The second-order valence-electron chi connectivity index (χ2n) is 5.41. The van der Waals surface area contributed by atoms with Crippen LogP contribution in [0.4, 0.5) is 5.69 Å². The molecule has 0 saturated heterocycles. The Hall–Kier alpha value is -3.40. The number of benzene rings is 1. The molecule has 1 heterocycles. The van der Waals surface area contributed by atoms with Crippen LogP contribution in [0.3, 0.4) is 0 Å². The number of carbonyl (C=O) groups is 4. The average molecular weight is 466 g/mol. The van der Waals surface area contributed by atoms with Crippen molar-refractivity contribution in [3.63, 3.8) is 0 Å². The van der Waals surface area contributed by atoms with Crippen molar-refractivity contribution in [2.75, 3.05) is 26.1 Å². The van der Waals surface area contributed by atoms with E-state index < -0.39 is 30.4 Å². The maximum atomic E-state index is 12.0. The molecular weight excluding hydrogens is 450 g/mol. The van der Waals surface area contributed by atoms with E-state index in [9.17, 15) is 19.2 Å². The van der Waals surface area contributed by atoms with Crippen molar-refractivity contribution in [1.82, 2.24) is 0 Å². The van der Waals surface area contributed by atoms with E-state index in [4.69, 9.17) is 9.15 Å². The van der Waals surface area contributed by atoms with E-state index in [1.54, 1.807) is 12.1 Å². The van der Waals surface area contributed by atoms with E-state index in [1.807, 2.05) is 0 Å². The molecule has 0 saturated carbocycles. The fraction of sp³-hybridized carbons (Fsp3) is 0.158. The molecule has 1 aromatic heterocycles. The van der Waals surface area contributed by atoms with Crippen LogP contribution in [0.2, 0.25) is 0 Å². The van der Waals surface area contributed by atoms with Crippen molar-refractivity contribution in [2.24, 2.45) is 0 Å². The first-order valence-corrected chi connectivity index (χ1v) is 8.83. The molecule has 152 valence electrons. The van der Waals surface area contributed by atoms with Gasteiger partial charge in [0.25, 0.3) is 5.91 Å². The summed E-state index contributed by atoms with van der Waals surface area (Å²) in [6.07, 6.45) is 2.49. The van der Waals surface area contributed by atoms with E-state index in [1.165, 1.54) is 38.5 Å². The molecular formula is C19H16BrNO8. The van der Waals surface area contributed by atoms with Gasteiger partial charge in [-0.15, -0.1) is 0 Å². The molecule has 0 spiro atoms. The molecule has 0 fully saturated rings. The molecule has 0 atom stereocenters. The first-order chi connectivity index (χ1) is 13.8. The van der Waals surface area contributed by atoms with Gasteiger partial charge in [-0.3, -0.25) is 4.79 Å². The Kier molecular flexibility index (Phi) is 7.72. The maximum absolute atomic E-state index is 12.0. The summed E-state index contributed by atoms with van der Waals surface area (Å²) < 4.78 is 19.8. The third kappa shape index (κ3) is 6.61. The van der Waals surface area contributed by atoms with Gasteiger partial charge >= 0.3 is 17.9 Å². The van der Waals surface area contributed by atoms with Crippen LogP contribution in [0.25, 0.3) is 6.08 Å². The monoisotopic (exact) mass is 465 g/mol. The highest BCUT2D eigenvalue weighted by Crippen LogP contribution is 2.17. The molecule has 0 aliphatic rings. The van der Waals surface area contributed by atoms with Crippen molar-refractivity contribution in [3.8, 4) is 0 Å². The predicted molar refractivity (Wildman–Crippen MR) is 104 cm³/mol. The molecule has 1 amide bonds. The van der Waals surface area contributed by atoms with Crippen molar-refractivity contribution < 1.29 is 37.8 Å². The highest BCUT2D eigenvalue weighted by molar-refractivity contribution is 9.10. The van der Waals surface area contributed by atoms with Crippen LogP contribution in [-0.2, 0) is 23.8 Å². The van der Waals surface area contributed by atoms with Gasteiger partial charge in [-0.05, 0) is 52.3 Å². The van der Waals surface area contributed by atoms with Crippen LogP contribution >= 0.6 is 15.9 Å². The minimum absolute atomic E-state index is 0.0373. The lowest BCUT2D eigenvalue weighted by Gasteiger charge is -2.09. The topological polar surface area (TPSA) is 121 Å². The largest absolute Gasteiger partial charge is 0.465 e. The number of carbonyl (C=O) groups excluding carboxylic acids is 4. The van der Waals surface area contributed by atoms with Crippen molar-refractivity contribution >= 4 is 51.5 Å². The van der Waals surface area contributed by atoms with E-state index in [-0.39, 0.29) is 16.8 Å². The van der Waals surface area contributed by atoms with Gasteiger partial charge in [0.05, 0.1) is 25.3 Å². The Bertz CT molecular complexity index is 929. The average Bonchev–Trinajstić information content (AvgIpc) is 3.14. The molecule has 0 aliphatic heterocycles. The van der Waals surface area contributed by atoms with Gasteiger partial charge in [0.2, 0.25) is 0 Å². The van der Waals surface area contributed by atoms with Crippen molar-refractivity contribution in [3.05, 3.63) is 58.0 Å². The Morgan fingerprint density at radius 3 is 2.17 bits per heavy atom. The molecule has 2 rings (SSSR count).